The number of nitrogens with one attached hydrogen (secondary N) is 1. The first kappa shape index (κ1) is 26.7. The summed E-state index contributed by atoms with van der Waals surface area (Å²) in [6, 6.07) is 13.3. The van der Waals surface area contributed by atoms with Gasteiger partial charge in [-0.05, 0) is 55.5 Å². The van der Waals surface area contributed by atoms with E-state index in [1.54, 1.807) is 25.1 Å². The van der Waals surface area contributed by atoms with E-state index in [4.69, 9.17) is 5.73 Å². The Hall–Kier alpha value is -4.94. The number of fused-ring (bicyclic) bond motifs is 1. The number of hydrogen-bond acceptors (Lipinski definition) is 6. The number of carbonyl (C=O) groups is 2. The second-order valence-electron chi connectivity index (χ2n) is 9.25. The van der Waals surface area contributed by atoms with Crippen molar-refractivity contribution < 1.29 is 22.8 Å². The molecule has 0 spiro atoms. The molecule has 5 rings (SSSR count). The van der Waals surface area contributed by atoms with E-state index in [1.807, 2.05) is 4.90 Å². The third-order valence-corrected chi connectivity index (χ3v) is 6.63. The second kappa shape index (κ2) is 10.3. The lowest BCUT2D eigenvalue weighted by Gasteiger charge is -2.35. The normalized spacial score (nSPS) is 13.9. The minimum Gasteiger partial charge on any atom is -0.366 e. The zero-order valence-corrected chi connectivity index (χ0v) is 21.3. The van der Waals surface area contributed by atoms with Crippen molar-refractivity contribution in [2.24, 2.45) is 5.73 Å². The van der Waals surface area contributed by atoms with Crippen LogP contribution in [0, 0.1) is 6.92 Å². The highest BCUT2D eigenvalue weighted by molar-refractivity contribution is 5.93. The summed E-state index contributed by atoms with van der Waals surface area (Å²) in [5, 5.41) is 3.19. The molecule has 0 unspecified atom stereocenters. The van der Waals surface area contributed by atoms with Crippen LogP contribution in [0.1, 0.15) is 21.6 Å². The van der Waals surface area contributed by atoms with E-state index in [1.165, 1.54) is 39.8 Å². The molecule has 3 amide bonds. The highest BCUT2D eigenvalue weighted by Gasteiger charge is 2.31. The SMILES string of the molecule is Cc1nc(N2CCN(C(=O)Nc3cccc(C(F)(F)F)c3)CC2)nc2c1ccc(=O)n2-c1ccc(C(N)=O)cc1. The standard InChI is InChI=1S/C27H24F3N7O3/c1-16-21-9-10-22(38)37(20-7-5-17(6-8-20)23(31)39)24(21)34-25(32-16)35-11-13-36(14-12-35)26(40)33-19-4-2-3-18(15-19)27(28,29)30/h2-10,15H,11-14H2,1H3,(H2,31,39)(H,33,40). The molecule has 3 heterocycles. The van der Waals surface area contributed by atoms with Gasteiger partial charge in [0, 0.05) is 48.9 Å². The molecule has 2 aromatic heterocycles. The molecule has 1 aliphatic heterocycles. The van der Waals surface area contributed by atoms with E-state index in [0.717, 1.165) is 12.1 Å². The van der Waals surface area contributed by atoms with Crippen LogP contribution >= 0.6 is 0 Å². The predicted molar refractivity (Wildman–Crippen MR) is 143 cm³/mol. The Bertz CT molecular complexity index is 1660. The number of benzene rings is 2. The number of pyridine rings is 1. The molecule has 2 aromatic carbocycles. The number of nitrogens with zero attached hydrogens (tertiary/aromatic N) is 5. The van der Waals surface area contributed by atoms with Crippen molar-refractivity contribution in [1.82, 2.24) is 19.4 Å². The van der Waals surface area contributed by atoms with Crippen LogP contribution in [0.5, 0.6) is 0 Å². The molecule has 0 aliphatic carbocycles. The molecule has 40 heavy (non-hydrogen) atoms. The van der Waals surface area contributed by atoms with Gasteiger partial charge >= 0.3 is 12.2 Å². The van der Waals surface area contributed by atoms with Gasteiger partial charge < -0.3 is 20.9 Å². The van der Waals surface area contributed by atoms with Crippen molar-refractivity contribution in [2.75, 3.05) is 36.4 Å². The number of amides is 3. The number of carbonyl (C=O) groups excluding carboxylic acids is 2. The fraction of sp³-hybridized carbons (Fsp3) is 0.222. The molecule has 0 atom stereocenters. The number of aryl methyl sites for hydroxylation is 1. The van der Waals surface area contributed by atoms with Gasteiger partial charge in [-0.25, -0.2) is 9.78 Å². The van der Waals surface area contributed by atoms with Crippen LogP contribution < -0.4 is 21.5 Å². The zero-order chi connectivity index (χ0) is 28.6. The number of nitrogens with two attached hydrogens (primary N) is 1. The van der Waals surface area contributed by atoms with Gasteiger partial charge in [0.2, 0.25) is 11.9 Å². The molecule has 0 bridgehead atoms. The van der Waals surface area contributed by atoms with Gasteiger partial charge in [0.15, 0.2) is 5.65 Å². The number of halogens is 3. The molecule has 13 heteroatoms. The fourth-order valence-corrected chi connectivity index (χ4v) is 4.50. The molecule has 0 radical (unpaired) electrons. The first-order valence-electron chi connectivity index (χ1n) is 12.3. The van der Waals surface area contributed by atoms with Gasteiger partial charge in [0.05, 0.1) is 16.9 Å². The number of rotatable bonds is 4. The van der Waals surface area contributed by atoms with Crippen molar-refractivity contribution in [3.05, 3.63) is 87.8 Å². The number of aromatic nitrogens is 3. The average Bonchev–Trinajstić information content (AvgIpc) is 2.92. The minimum atomic E-state index is -4.51. The summed E-state index contributed by atoms with van der Waals surface area (Å²) in [6.07, 6.45) is -4.51. The zero-order valence-electron chi connectivity index (χ0n) is 21.3. The fourth-order valence-electron chi connectivity index (χ4n) is 4.50. The molecule has 1 fully saturated rings. The molecule has 4 aromatic rings. The lowest BCUT2D eigenvalue weighted by molar-refractivity contribution is -0.137. The summed E-state index contributed by atoms with van der Waals surface area (Å²) in [5.41, 5.74) is 6.05. The van der Waals surface area contributed by atoms with Crippen LogP contribution in [0.3, 0.4) is 0 Å². The van der Waals surface area contributed by atoms with Crippen LogP contribution in [0.2, 0.25) is 0 Å². The Balaban J connectivity index is 1.36. The Morgan fingerprint density at radius 3 is 2.30 bits per heavy atom. The quantitative estimate of drug-likeness (QED) is 0.400. The second-order valence-corrected chi connectivity index (χ2v) is 9.25. The van der Waals surface area contributed by atoms with Crippen LogP contribution in [0.15, 0.2) is 65.5 Å². The Morgan fingerprint density at radius 1 is 0.950 bits per heavy atom. The maximum absolute atomic E-state index is 13.0. The van der Waals surface area contributed by atoms with Gasteiger partial charge in [-0.3, -0.25) is 14.2 Å². The molecule has 1 saturated heterocycles. The summed E-state index contributed by atoms with van der Waals surface area (Å²) in [5.74, 6) is -0.212. The minimum absolute atomic E-state index is 0.0533. The molecule has 10 nitrogen and oxygen atoms in total. The number of anilines is 2. The summed E-state index contributed by atoms with van der Waals surface area (Å²) in [6.45, 7) is 3.09. The van der Waals surface area contributed by atoms with Crippen molar-refractivity contribution >= 4 is 34.6 Å². The van der Waals surface area contributed by atoms with Gasteiger partial charge in [0.25, 0.3) is 5.56 Å². The predicted octanol–water partition coefficient (Wildman–Crippen LogP) is 3.56. The van der Waals surface area contributed by atoms with Crippen molar-refractivity contribution in [2.45, 2.75) is 13.1 Å². The topological polar surface area (TPSA) is 126 Å². The van der Waals surface area contributed by atoms with E-state index in [0.29, 0.717) is 47.0 Å². The molecule has 1 aliphatic rings. The number of piperazine rings is 1. The third-order valence-electron chi connectivity index (χ3n) is 6.63. The molecule has 206 valence electrons. The van der Waals surface area contributed by atoms with E-state index < -0.39 is 23.7 Å². The van der Waals surface area contributed by atoms with Gasteiger partial charge in [-0.2, -0.15) is 18.2 Å². The summed E-state index contributed by atoms with van der Waals surface area (Å²) in [7, 11) is 0. The van der Waals surface area contributed by atoms with E-state index in [-0.39, 0.29) is 24.3 Å². The lowest BCUT2D eigenvalue weighted by Crippen LogP contribution is -2.50. The maximum atomic E-state index is 13.0. The summed E-state index contributed by atoms with van der Waals surface area (Å²) < 4.78 is 40.4. The van der Waals surface area contributed by atoms with Crippen molar-refractivity contribution in [3.8, 4) is 5.69 Å². The first-order valence-corrected chi connectivity index (χ1v) is 12.3. The molecule has 0 saturated carbocycles. The summed E-state index contributed by atoms with van der Waals surface area (Å²) in [4.78, 5) is 49.7. The van der Waals surface area contributed by atoms with Gasteiger partial charge in [-0.1, -0.05) is 6.07 Å². The van der Waals surface area contributed by atoms with Crippen LogP contribution in [-0.4, -0.2) is 57.6 Å². The average molecular weight is 552 g/mol. The Morgan fingerprint density at radius 2 is 1.65 bits per heavy atom. The smallest absolute Gasteiger partial charge is 0.366 e. The van der Waals surface area contributed by atoms with Gasteiger partial charge in [0.1, 0.15) is 0 Å². The molecular formula is C27H24F3N7O3. The Kier molecular flexibility index (Phi) is 6.88. The highest BCUT2D eigenvalue weighted by atomic mass is 19.4. The highest BCUT2D eigenvalue weighted by Crippen LogP contribution is 2.31. The van der Waals surface area contributed by atoms with Crippen LogP contribution in [0.4, 0.5) is 29.6 Å². The largest absolute Gasteiger partial charge is 0.416 e. The molecular weight excluding hydrogens is 527 g/mol. The van der Waals surface area contributed by atoms with Crippen molar-refractivity contribution in [1.29, 1.82) is 0 Å². The number of urea groups is 1. The molecule has 3 N–H and O–H groups in total. The summed E-state index contributed by atoms with van der Waals surface area (Å²) >= 11 is 0. The van der Waals surface area contributed by atoms with Gasteiger partial charge in [-0.15, -0.1) is 0 Å². The van der Waals surface area contributed by atoms with Crippen LogP contribution in [0.25, 0.3) is 16.7 Å². The number of alkyl halides is 3. The number of primary amides is 1. The van der Waals surface area contributed by atoms with E-state index in [9.17, 15) is 27.6 Å². The van der Waals surface area contributed by atoms with E-state index >= 15 is 0 Å². The maximum Gasteiger partial charge on any atom is 0.416 e. The van der Waals surface area contributed by atoms with E-state index in [2.05, 4.69) is 15.3 Å². The van der Waals surface area contributed by atoms with Crippen LogP contribution in [-0.2, 0) is 6.18 Å². The number of hydrogen-bond donors (Lipinski definition) is 2. The lowest BCUT2D eigenvalue weighted by atomic mass is 10.2. The Labute approximate surface area is 225 Å². The monoisotopic (exact) mass is 551 g/mol. The first-order chi connectivity index (χ1) is 19.0. The third kappa shape index (κ3) is 5.30. The van der Waals surface area contributed by atoms with Crippen molar-refractivity contribution in [3.63, 3.8) is 0 Å².